The van der Waals surface area contributed by atoms with Gasteiger partial charge in [-0.15, -0.1) is 0 Å². The van der Waals surface area contributed by atoms with Crippen LogP contribution in [0.5, 0.6) is 0 Å². The zero-order valence-corrected chi connectivity index (χ0v) is 7.50. The summed E-state index contributed by atoms with van der Waals surface area (Å²) in [7, 11) is 0. The molecule has 0 saturated heterocycles. The number of ether oxygens (including phenoxy) is 2. The fraction of sp³-hybridized carbons (Fsp3) is 0.444. The molecule has 0 heterocycles. The van der Waals surface area contributed by atoms with E-state index in [1.807, 2.05) is 6.92 Å². The summed E-state index contributed by atoms with van der Waals surface area (Å²) in [5, 5.41) is 0. The van der Waals surface area contributed by atoms with Crippen LogP contribution in [0.2, 0.25) is 0 Å². The first kappa shape index (κ1) is 10.8. The Hall–Kier alpha value is -1.25. The smallest absolute Gasteiger partial charge is 0.333 e. The minimum absolute atomic E-state index is 0.260. The highest BCUT2D eigenvalue weighted by Gasteiger charge is 2.00. The zero-order chi connectivity index (χ0) is 9.40. The van der Waals surface area contributed by atoms with E-state index < -0.39 is 0 Å². The van der Waals surface area contributed by atoms with Crippen molar-refractivity contribution >= 4 is 5.97 Å². The van der Waals surface area contributed by atoms with Gasteiger partial charge in [-0.1, -0.05) is 12.7 Å². The Labute approximate surface area is 72.7 Å². The average molecular weight is 170 g/mol. The number of rotatable bonds is 5. The third-order valence-electron chi connectivity index (χ3n) is 1.02. The molecule has 0 spiro atoms. The molecule has 0 unspecified atom stereocenters. The van der Waals surface area contributed by atoms with Crippen LogP contribution in [0.4, 0.5) is 0 Å². The molecule has 0 N–H and O–H groups in total. The molecule has 0 amide bonds. The molecule has 0 aromatic heterocycles. The molecule has 0 saturated carbocycles. The first-order valence-electron chi connectivity index (χ1n) is 3.74. The van der Waals surface area contributed by atoms with Crippen LogP contribution in [0, 0.1) is 0 Å². The van der Waals surface area contributed by atoms with Crippen molar-refractivity contribution in [2.24, 2.45) is 0 Å². The first-order chi connectivity index (χ1) is 5.68. The maximum Gasteiger partial charge on any atom is 0.333 e. The monoisotopic (exact) mass is 170 g/mol. The van der Waals surface area contributed by atoms with E-state index in [1.165, 1.54) is 0 Å². The summed E-state index contributed by atoms with van der Waals surface area (Å²) in [5.74, 6) is -0.376. The highest BCUT2D eigenvalue weighted by Crippen LogP contribution is 1.91. The molecule has 0 aliphatic carbocycles. The van der Waals surface area contributed by atoms with Crippen molar-refractivity contribution in [1.29, 1.82) is 0 Å². The second-order valence-corrected chi connectivity index (χ2v) is 2.26. The molecule has 0 fully saturated rings. The lowest BCUT2D eigenvalue weighted by Gasteiger charge is -2.03. The fourth-order valence-corrected chi connectivity index (χ4v) is 0.470. The predicted octanol–water partition coefficient (Wildman–Crippen LogP) is 1.66. The number of carbonyl (C=O) groups excluding carboxylic acids is 1. The summed E-state index contributed by atoms with van der Waals surface area (Å²) in [6.45, 7) is 7.53. The number of allylic oxidation sites excluding steroid dienone is 1. The molecular weight excluding hydrogens is 156 g/mol. The fourth-order valence-electron chi connectivity index (χ4n) is 0.470. The Balaban J connectivity index is 3.32. The van der Waals surface area contributed by atoms with Crippen molar-refractivity contribution in [2.45, 2.75) is 13.8 Å². The summed E-state index contributed by atoms with van der Waals surface area (Å²) in [6, 6.07) is 0. The normalized spacial score (nSPS) is 9.83. The van der Waals surface area contributed by atoms with Gasteiger partial charge in [0.25, 0.3) is 0 Å². The van der Waals surface area contributed by atoms with Gasteiger partial charge in [0.2, 0.25) is 0 Å². The molecule has 0 rings (SSSR count). The molecule has 0 radical (unpaired) electrons. The standard InChI is InChI=1S/C9H14O3/c1-4-5-11-6-7-12-9(10)8(2)3/h4-5H,2,6-7H2,1,3H3. The predicted molar refractivity (Wildman–Crippen MR) is 46.5 cm³/mol. The van der Waals surface area contributed by atoms with Crippen molar-refractivity contribution in [3.05, 3.63) is 24.5 Å². The van der Waals surface area contributed by atoms with Gasteiger partial charge in [0.1, 0.15) is 13.2 Å². The van der Waals surface area contributed by atoms with E-state index >= 15 is 0 Å². The number of hydrogen-bond acceptors (Lipinski definition) is 3. The molecule has 0 aromatic rings. The first-order valence-corrected chi connectivity index (χ1v) is 3.74. The summed E-state index contributed by atoms with van der Waals surface area (Å²) < 4.78 is 9.68. The molecule has 68 valence electrons. The van der Waals surface area contributed by atoms with Gasteiger partial charge in [0.15, 0.2) is 0 Å². The van der Waals surface area contributed by atoms with Crippen molar-refractivity contribution in [2.75, 3.05) is 13.2 Å². The zero-order valence-electron chi connectivity index (χ0n) is 7.50. The van der Waals surface area contributed by atoms with Crippen LogP contribution in [-0.2, 0) is 14.3 Å². The van der Waals surface area contributed by atoms with E-state index in [1.54, 1.807) is 19.3 Å². The van der Waals surface area contributed by atoms with Crippen molar-refractivity contribution in [1.82, 2.24) is 0 Å². The van der Waals surface area contributed by atoms with Gasteiger partial charge < -0.3 is 9.47 Å². The minimum Gasteiger partial charge on any atom is -0.498 e. The maximum atomic E-state index is 10.8. The Morgan fingerprint density at radius 2 is 2.17 bits per heavy atom. The maximum absolute atomic E-state index is 10.8. The van der Waals surface area contributed by atoms with Crippen LogP contribution in [0.1, 0.15) is 13.8 Å². The van der Waals surface area contributed by atoms with E-state index in [0.717, 1.165) is 0 Å². The molecule has 0 atom stereocenters. The lowest BCUT2D eigenvalue weighted by Crippen LogP contribution is -2.09. The van der Waals surface area contributed by atoms with E-state index in [-0.39, 0.29) is 12.6 Å². The number of esters is 1. The van der Waals surface area contributed by atoms with E-state index in [4.69, 9.17) is 9.47 Å². The quantitative estimate of drug-likeness (QED) is 0.272. The van der Waals surface area contributed by atoms with Gasteiger partial charge in [-0.05, 0) is 13.8 Å². The van der Waals surface area contributed by atoms with Crippen LogP contribution in [-0.4, -0.2) is 19.2 Å². The summed E-state index contributed by atoms with van der Waals surface area (Å²) in [5.41, 5.74) is 0.404. The minimum atomic E-state index is -0.376. The van der Waals surface area contributed by atoms with Crippen LogP contribution >= 0.6 is 0 Å². The van der Waals surface area contributed by atoms with E-state index in [2.05, 4.69) is 6.58 Å². The van der Waals surface area contributed by atoms with Gasteiger partial charge >= 0.3 is 5.97 Å². The van der Waals surface area contributed by atoms with Crippen LogP contribution in [0.3, 0.4) is 0 Å². The largest absolute Gasteiger partial charge is 0.498 e. The Kier molecular flexibility index (Phi) is 5.79. The molecular formula is C9H14O3. The third kappa shape index (κ3) is 5.53. The SMILES string of the molecule is C=C(C)C(=O)OCCOC=CC. The molecule has 0 aliphatic heterocycles. The lowest BCUT2D eigenvalue weighted by molar-refractivity contribution is -0.139. The summed E-state index contributed by atoms with van der Waals surface area (Å²) in [4.78, 5) is 10.8. The third-order valence-corrected chi connectivity index (χ3v) is 1.02. The highest BCUT2D eigenvalue weighted by molar-refractivity contribution is 5.86. The second kappa shape index (κ2) is 6.46. The van der Waals surface area contributed by atoms with Gasteiger partial charge in [0.05, 0.1) is 6.26 Å². The van der Waals surface area contributed by atoms with Crippen molar-refractivity contribution < 1.29 is 14.3 Å². The van der Waals surface area contributed by atoms with Crippen LogP contribution < -0.4 is 0 Å². The van der Waals surface area contributed by atoms with E-state index in [9.17, 15) is 4.79 Å². The second-order valence-electron chi connectivity index (χ2n) is 2.26. The molecule has 0 aromatic carbocycles. The Morgan fingerprint density at radius 3 is 2.67 bits per heavy atom. The Bertz CT molecular complexity index is 182. The number of hydrogen-bond donors (Lipinski definition) is 0. The van der Waals surface area contributed by atoms with Crippen molar-refractivity contribution in [3.63, 3.8) is 0 Å². The summed E-state index contributed by atoms with van der Waals surface area (Å²) >= 11 is 0. The van der Waals surface area contributed by atoms with Crippen molar-refractivity contribution in [3.8, 4) is 0 Å². The topological polar surface area (TPSA) is 35.5 Å². The van der Waals surface area contributed by atoms with Gasteiger partial charge in [0, 0.05) is 5.57 Å². The number of carbonyl (C=O) groups is 1. The van der Waals surface area contributed by atoms with Crippen LogP contribution in [0.25, 0.3) is 0 Å². The average Bonchev–Trinajstić information content (AvgIpc) is 2.03. The van der Waals surface area contributed by atoms with Gasteiger partial charge in [-0.3, -0.25) is 0 Å². The molecule has 12 heavy (non-hydrogen) atoms. The highest BCUT2D eigenvalue weighted by atomic mass is 16.6. The molecule has 3 heteroatoms. The lowest BCUT2D eigenvalue weighted by atomic mass is 10.4. The Morgan fingerprint density at radius 1 is 1.50 bits per heavy atom. The van der Waals surface area contributed by atoms with Crippen LogP contribution in [0.15, 0.2) is 24.5 Å². The van der Waals surface area contributed by atoms with E-state index in [0.29, 0.717) is 12.2 Å². The molecule has 0 aliphatic rings. The molecule has 3 nitrogen and oxygen atoms in total. The molecule has 0 bridgehead atoms. The van der Waals surface area contributed by atoms with Gasteiger partial charge in [-0.2, -0.15) is 0 Å². The van der Waals surface area contributed by atoms with Gasteiger partial charge in [-0.25, -0.2) is 4.79 Å². The summed E-state index contributed by atoms with van der Waals surface area (Å²) in [6.07, 6.45) is 3.31.